The monoisotopic (exact) mass is 226 g/mol. The zero-order valence-electron chi connectivity index (χ0n) is 9.59. The van der Waals surface area contributed by atoms with Gasteiger partial charge in [-0.3, -0.25) is 11.3 Å². The third-order valence-corrected chi connectivity index (χ3v) is 4.04. The molecule has 1 fully saturated rings. The summed E-state index contributed by atoms with van der Waals surface area (Å²) < 4.78 is 0. The van der Waals surface area contributed by atoms with Gasteiger partial charge >= 0.3 is 0 Å². The van der Waals surface area contributed by atoms with E-state index in [9.17, 15) is 0 Å². The van der Waals surface area contributed by atoms with Gasteiger partial charge < -0.3 is 0 Å². The molecule has 1 aliphatic heterocycles. The van der Waals surface area contributed by atoms with Gasteiger partial charge in [0.25, 0.3) is 0 Å². The van der Waals surface area contributed by atoms with Crippen molar-refractivity contribution in [3.8, 4) is 11.8 Å². The molecule has 0 aromatic carbocycles. The van der Waals surface area contributed by atoms with Crippen molar-refractivity contribution < 1.29 is 0 Å². The van der Waals surface area contributed by atoms with Crippen molar-refractivity contribution >= 4 is 11.8 Å². The lowest BCUT2D eigenvalue weighted by molar-refractivity contribution is 0.356. The lowest BCUT2D eigenvalue weighted by Gasteiger charge is -2.25. The minimum atomic E-state index is 0.457. The molecule has 0 aromatic heterocycles. The second kappa shape index (κ2) is 8.04. The summed E-state index contributed by atoms with van der Waals surface area (Å²) >= 11 is 2.08. The van der Waals surface area contributed by atoms with Gasteiger partial charge in [0, 0.05) is 12.5 Å². The molecule has 0 spiro atoms. The minimum absolute atomic E-state index is 0.457. The van der Waals surface area contributed by atoms with Crippen molar-refractivity contribution in [3.63, 3.8) is 0 Å². The predicted molar refractivity (Wildman–Crippen MR) is 68.5 cm³/mol. The summed E-state index contributed by atoms with van der Waals surface area (Å²) in [4.78, 5) is 0. The molecular weight excluding hydrogens is 204 g/mol. The standard InChI is InChI=1S/C12H22N2S/c1-2-3-4-5-12(14-13)10-11-6-8-15-9-7-11/h11-12,14H,4-10,13H2,1H3. The Labute approximate surface area is 97.7 Å². The van der Waals surface area contributed by atoms with Gasteiger partial charge in [0.1, 0.15) is 0 Å². The van der Waals surface area contributed by atoms with Gasteiger partial charge in [-0.05, 0) is 50.0 Å². The lowest BCUT2D eigenvalue weighted by Crippen LogP contribution is -2.37. The van der Waals surface area contributed by atoms with Gasteiger partial charge in [0.15, 0.2) is 0 Å². The van der Waals surface area contributed by atoms with Crippen LogP contribution in [0.4, 0.5) is 0 Å². The summed E-state index contributed by atoms with van der Waals surface area (Å²) in [6, 6.07) is 0.457. The van der Waals surface area contributed by atoms with E-state index in [0.29, 0.717) is 6.04 Å². The molecule has 1 saturated heterocycles. The maximum atomic E-state index is 5.57. The fourth-order valence-electron chi connectivity index (χ4n) is 2.03. The Morgan fingerprint density at radius 1 is 1.47 bits per heavy atom. The Hall–Kier alpha value is -0.170. The highest BCUT2D eigenvalue weighted by atomic mass is 32.2. The summed E-state index contributed by atoms with van der Waals surface area (Å²) in [5, 5.41) is 0. The molecule has 1 heterocycles. The van der Waals surface area contributed by atoms with E-state index in [4.69, 9.17) is 5.84 Å². The average molecular weight is 226 g/mol. The summed E-state index contributed by atoms with van der Waals surface area (Å²) in [6.45, 7) is 1.89. The minimum Gasteiger partial charge on any atom is -0.271 e. The third-order valence-electron chi connectivity index (χ3n) is 2.99. The quantitative estimate of drug-likeness (QED) is 0.428. The molecular formula is C12H22N2S. The van der Waals surface area contributed by atoms with Crippen molar-refractivity contribution in [1.82, 2.24) is 5.43 Å². The number of nitrogens with two attached hydrogens (primary N) is 1. The summed E-state index contributed by atoms with van der Waals surface area (Å²) in [6.07, 6.45) is 6.00. The number of hydrogen-bond acceptors (Lipinski definition) is 3. The van der Waals surface area contributed by atoms with Crippen LogP contribution in [-0.4, -0.2) is 17.5 Å². The molecule has 2 nitrogen and oxygen atoms in total. The van der Waals surface area contributed by atoms with Gasteiger partial charge in [0.05, 0.1) is 0 Å². The second-order valence-corrected chi connectivity index (χ2v) is 5.35. The summed E-state index contributed by atoms with van der Waals surface area (Å²) in [5.41, 5.74) is 2.93. The van der Waals surface area contributed by atoms with Crippen LogP contribution in [0, 0.1) is 17.8 Å². The molecule has 3 N–H and O–H groups in total. The third kappa shape index (κ3) is 5.46. The first kappa shape index (κ1) is 12.9. The van der Waals surface area contributed by atoms with Crippen molar-refractivity contribution in [2.45, 2.75) is 45.1 Å². The van der Waals surface area contributed by atoms with E-state index in [1.165, 1.54) is 30.8 Å². The normalized spacial score (nSPS) is 19.3. The molecule has 0 radical (unpaired) electrons. The van der Waals surface area contributed by atoms with Crippen molar-refractivity contribution in [2.75, 3.05) is 11.5 Å². The summed E-state index contributed by atoms with van der Waals surface area (Å²) in [5.74, 6) is 15.1. The molecule has 86 valence electrons. The first-order chi connectivity index (χ1) is 7.36. The van der Waals surface area contributed by atoms with E-state index >= 15 is 0 Å². The van der Waals surface area contributed by atoms with E-state index in [1.807, 2.05) is 6.92 Å². The molecule has 15 heavy (non-hydrogen) atoms. The first-order valence-electron chi connectivity index (χ1n) is 5.80. The van der Waals surface area contributed by atoms with Gasteiger partial charge in [-0.1, -0.05) is 0 Å². The highest BCUT2D eigenvalue weighted by molar-refractivity contribution is 7.99. The fraction of sp³-hybridized carbons (Fsp3) is 0.833. The van der Waals surface area contributed by atoms with Gasteiger partial charge in [0.2, 0.25) is 0 Å². The SMILES string of the molecule is CC#CCCC(CC1CCSCC1)NN. The van der Waals surface area contributed by atoms with Crippen LogP contribution < -0.4 is 11.3 Å². The van der Waals surface area contributed by atoms with E-state index in [-0.39, 0.29) is 0 Å². The fourth-order valence-corrected chi connectivity index (χ4v) is 3.23. The molecule has 1 unspecified atom stereocenters. The maximum Gasteiger partial charge on any atom is 0.0222 e. The van der Waals surface area contributed by atoms with Crippen molar-refractivity contribution in [3.05, 3.63) is 0 Å². The van der Waals surface area contributed by atoms with Crippen molar-refractivity contribution in [1.29, 1.82) is 0 Å². The molecule has 1 aliphatic rings. The Morgan fingerprint density at radius 3 is 2.80 bits per heavy atom. The summed E-state index contributed by atoms with van der Waals surface area (Å²) in [7, 11) is 0. The van der Waals surface area contributed by atoms with E-state index in [1.54, 1.807) is 0 Å². The highest BCUT2D eigenvalue weighted by Gasteiger charge is 2.17. The maximum absolute atomic E-state index is 5.57. The zero-order valence-corrected chi connectivity index (χ0v) is 10.4. The van der Waals surface area contributed by atoms with E-state index < -0.39 is 0 Å². The van der Waals surface area contributed by atoms with Crippen LogP contribution in [-0.2, 0) is 0 Å². The molecule has 1 rings (SSSR count). The molecule has 0 aromatic rings. The Morgan fingerprint density at radius 2 is 2.20 bits per heavy atom. The Bertz CT molecular complexity index is 213. The molecule has 3 heteroatoms. The first-order valence-corrected chi connectivity index (χ1v) is 6.95. The number of nitrogens with one attached hydrogen (secondary N) is 1. The largest absolute Gasteiger partial charge is 0.271 e. The average Bonchev–Trinajstić information content (AvgIpc) is 2.29. The number of hydrogen-bond donors (Lipinski definition) is 2. The second-order valence-electron chi connectivity index (χ2n) is 4.12. The van der Waals surface area contributed by atoms with E-state index in [0.717, 1.165) is 18.8 Å². The number of rotatable bonds is 5. The molecule has 1 atom stereocenters. The van der Waals surface area contributed by atoms with Crippen LogP contribution in [0.1, 0.15) is 39.0 Å². The van der Waals surface area contributed by atoms with Crippen LogP contribution in [0.2, 0.25) is 0 Å². The Balaban J connectivity index is 2.21. The van der Waals surface area contributed by atoms with Crippen LogP contribution in [0.25, 0.3) is 0 Å². The number of hydrazine groups is 1. The number of thioether (sulfide) groups is 1. The Kier molecular flexibility index (Phi) is 6.91. The highest BCUT2D eigenvalue weighted by Crippen LogP contribution is 2.26. The van der Waals surface area contributed by atoms with Gasteiger partial charge in [-0.2, -0.15) is 11.8 Å². The van der Waals surface area contributed by atoms with E-state index in [2.05, 4.69) is 29.0 Å². The van der Waals surface area contributed by atoms with Crippen LogP contribution in [0.15, 0.2) is 0 Å². The van der Waals surface area contributed by atoms with Gasteiger partial charge in [-0.15, -0.1) is 11.8 Å². The molecule has 0 aliphatic carbocycles. The lowest BCUT2D eigenvalue weighted by atomic mass is 9.92. The van der Waals surface area contributed by atoms with Crippen molar-refractivity contribution in [2.24, 2.45) is 11.8 Å². The van der Waals surface area contributed by atoms with Crippen LogP contribution in [0.5, 0.6) is 0 Å². The molecule has 0 amide bonds. The molecule has 0 saturated carbocycles. The predicted octanol–water partition coefficient (Wildman–Crippen LogP) is 2.16. The topological polar surface area (TPSA) is 38.0 Å². The smallest absolute Gasteiger partial charge is 0.0222 e. The van der Waals surface area contributed by atoms with Crippen LogP contribution >= 0.6 is 11.8 Å². The van der Waals surface area contributed by atoms with Gasteiger partial charge in [-0.25, -0.2) is 0 Å². The molecule has 0 bridgehead atoms. The van der Waals surface area contributed by atoms with Crippen LogP contribution in [0.3, 0.4) is 0 Å². The zero-order chi connectivity index (χ0) is 10.9.